The predicted molar refractivity (Wildman–Crippen MR) is 77.6 cm³/mol. The molecule has 3 nitrogen and oxygen atoms in total. The monoisotopic (exact) mass is 257 g/mol. The van der Waals surface area contributed by atoms with Crippen molar-refractivity contribution in [1.29, 1.82) is 0 Å². The number of benzene rings is 2. The number of aromatic hydroxyl groups is 2. The van der Waals surface area contributed by atoms with Crippen molar-refractivity contribution in [1.82, 2.24) is 0 Å². The number of hydrogen-bond acceptors (Lipinski definition) is 3. The van der Waals surface area contributed by atoms with Crippen LogP contribution in [0.2, 0.25) is 0 Å². The van der Waals surface area contributed by atoms with Gasteiger partial charge in [-0.15, -0.1) is 0 Å². The van der Waals surface area contributed by atoms with E-state index in [1.807, 2.05) is 18.2 Å². The van der Waals surface area contributed by atoms with Crippen LogP contribution in [0.3, 0.4) is 0 Å². The highest BCUT2D eigenvalue weighted by molar-refractivity contribution is 5.49. The molecule has 1 atom stereocenters. The third-order valence-corrected chi connectivity index (χ3v) is 3.30. The maximum absolute atomic E-state index is 9.59. The Labute approximate surface area is 113 Å². The van der Waals surface area contributed by atoms with Gasteiger partial charge in [0.2, 0.25) is 0 Å². The molecule has 0 radical (unpaired) electrons. The maximum atomic E-state index is 9.59. The maximum Gasteiger partial charge on any atom is 0.119 e. The second-order valence-electron chi connectivity index (χ2n) is 4.58. The number of rotatable bonds is 4. The topological polar surface area (TPSA) is 43.7 Å². The van der Waals surface area contributed by atoms with E-state index in [0.29, 0.717) is 0 Å². The van der Waals surface area contributed by atoms with Crippen molar-refractivity contribution in [3.63, 3.8) is 0 Å². The van der Waals surface area contributed by atoms with Crippen LogP contribution >= 0.6 is 0 Å². The number of hydrogen-bond donors (Lipinski definition) is 2. The first kappa shape index (κ1) is 13.3. The normalized spacial score (nSPS) is 12.1. The molecular weight excluding hydrogens is 238 g/mol. The molecule has 0 fully saturated rings. The summed E-state index contributed by atoms with van der Waals surface area (Å²) in [6.07, 6.45) is 0. The average molecular weight is 257 g/mol. The van der Waals surface area contributed by atoms with E-state index in [-0.39, 0.29) is 17.5 Å². The summed E-state index contributed by atoms with van der Waals surface area (Å²) in [4.78, 5) is 2.22. The minimum atomic E-state index is 0.0744. The fraction of sp³-hybridized carbons (Fsp3) is 0.250. The van der Waals surface area contributed by atoms with Gasteiger partial charge in [-0.2, -0.15) is 0 Å². The van der Waals surface area contributed by atoms with Crippen molar-refractivity contribution < 1.29 is 10.2 Å². The van der Waals surface area contributed by atoms with E-state index in [4.69, 9.17) is 0 Å². The summed E-state index contributed by atoms with van der Waals surface area (Å²) in [5.41, 5.74) is 2.02. The van der Waals surface area contributed by atoms with E-state index in [1.54, 1.807) is 12.1 Å². The fourth-order valence-electron chi connectivity index (χ4n) is 2.34. The Kier molecular flexibility index (Phi) is 3.95. The van der Waals surface area contributed by atoms with Crippen molar-refractivity contribution >= 4 is 5.69 Å². The highest BCUT2D eigenvalue weighted by Crippen LogP contribution is 2.30. The molecule has 2 aromatic carbocycles. The lowest BCUT2D eigenvalue weighted by Gasteiger charge is -2.30. The van der Waals surface area contributed by atoms with Gasteiger partial charge < -0.3 is 15.1 Å². The van der Waals surface area contributed by atoms with Crippen LogP contribution < -0.4 is 4.90 Å². The summed E-state index contributed by atoms with van der Waals surface area (Å²) < 4.78 is 0. The van der Waals surface area contributed by atoms with E-state index in [1.165, 1.54) is 6.07 Å². The lowest BCUT2D eigenvalue weighted by molar-refractivity contribution is 0.448. The van der Waals surface area contributed by atoms with Crippen molar-refractivity contribution in [3.8, 4) is 11.5 Å². The molecule has 0 aromatic heterocycles. The molecule has 3 heteroatoms. The molecule has 2 rings (SSSR count). The van der Waals surface area contributed by atoms with Crippen LogP contribution in [0.25, 0.3) is 0 Å². The van der Waals surface area contributed by atoms with Crippen LogP contribution in [0.15, 0.2) is 48.5 Å². The van der Waals surface area contributed by atoms with Gasteiger partial charge >= 0.3 is 0 Å². The van der Waals surface area contributed by atoms with Crippen LogP contribution in [0.1, 0.15) is 25.5 Å². The van der Waals surface area contributed by atoms with Gasteiger partial charge in [0.1, 0.15) is 11.5 Å². The summed E-state index contributed by atoms with van der Waals surface area (Å²) in [5, 5.41) is 19.2. The quantitative estimate of drug-likeness (QED) is 0.878. The molecule has 0 aliphatic carbocycles. The molecule has 100 valence electrons. The molecule has 0 heterocycles. The summed E-state index contributed by atoms with van der Waals surface area (Å²) in [6, 6.07) is 14.9. The first-order chi connectivity index (χ1) is 9.11. The van der Waals surface area contributed by atoms with Gasteiger partial charge in [0.25, 0.3) is 0 Å². The molecule has 0 spiro atoms. The van der Waals surface area contributed by atoms with Gasteiger partial charge in [-0.05, 0) is 43.7 Å². The summed E-state index contributed by atoms with van der Waals surface area (Å²) in [6.45, 7) is 5.00. The molecule has 2 aromatic rings. The van der Waals surface area contributed by atoms with Gasteiger partial charge in [0, 0.05) is 18.3 Å². The number of phenols is 2. The molecule has 2 N–H and O–H groups in total. The Morgan fingerprint density at radius 1 is 1.00 bits per heavy atom. The SMILES string of the molecule is CCN(c1ccccc1)C(C)c1cc(O)cc(O)c1. The molecule has 0 aliphatic rings. The van der Waals surface area contributed by atoms with Crippen LogP contribution in [0.5, 0.6) is 11.5 Å². The molecular formula is C16H19NO2. The lowest BCUT2D eigenvalue weighted by Crippen LogP contribution is -2.26. The van der Waals surface area contributed by atoms with Crippen LogP contribution in [-0.4, -0.2) is 16.8 Å². The third kappa shape index (κ3) is 2.99. The van der Waals surface area contributed by atoms with Gasteiger partial charge in [0.15, 0.2) is 0 Å². The van der Waals surface area contributed by atoms with Gasteiger partial charge in [-0.1, -0.05) is 18.2 Å². The molecule has 0 bridgehead atoms. The van der Waals surface area contributed by atoms with Crippen LogP contribution in [0, 0.1) is 0 Å². The Bertz CT molecular complexity index is 519. The van der Waals surface area contributed by atoms with Gasteiger partial charge in [-0.25, -0.2) is 0 Å². The second-order valence-corrected chi connectivity index (χ2v) is 4.58. The highest BCUT2D eigenvalue weighted by atomic mass is 16.3. The number of nitrogens with zero attached hydrogens (tertiary/aromatic N) is 1. The minimum absolute atomic E-state index is 0.0744. The Balaban J connectivity index is 2.33. The molecule has 19 heavy (non-hydrogen) atoms. The molecule has 0 saturated heterocycles. The summed E-state index contributed by atoms with van der Waals surface area (Å²) in [7, 11) is 0. The van der Waals surface area contributed by atoms with Crippen molar-refractivity contribution in [2.45, 2.75) is 19.9 Å². The molecule has 0 amide bonds. The van der Waals surface area contributed by atoms with E-state index < -0.39 is 0 Å². The Hall–Kier alpha value is -2.16. The van der Waals surface area contributed by atoms with Crippen LogP contribution in [0.4, 0.5) is 5.69 Å². The predicted octanol–water partition coefficient (Wildman–Crippen LogP) is 3.69. The third-order valence-electron chi connectivity index (χ3n) is 3.30. The largest absolute Gasteiger partial charge is 0.508 e. The summed E-state index contributed by atoms with van der Waals surface area (Å²) in [5.74, 6) is 0.178. The summed E-state index contributed by atoms with van der Waals surface area (Å²) >= 11 is 0. The van der Waals surface area contributed by atoms with E-state index in [2.05, 4.69) is 30.9 Å². The molecule has 0 aliphatic heterocycles. The zero-order valence-corrected chi connectivity index (χ0v) is 11.2. The van der Waals surface area contributed by atoms with Crippen molar-refractivity contribution in [2.24, 2.45) is 0 Å². The fourth-order valence-corrected chi connectivity index (χ4v) is 2.34. The van der Waals surface area contributed by atoms with Crippen molar-refractivity contribution in [3.05, 3.63) is 54.1 Å². The first-order valence-corrected chi connectivity index (χ1v) is 6.46. The lowest BCUT2D eigenvalue weighted by atomic mass is 10.1. The average Bonchev–Trinajstić information content (AvgIpc) is 2.39. The van der Waals surface area contributed by atoms with Gasteiger partial charge in [0.05, 0.1) is 6.04 Å². The zero-order chi connectivity index (χ0) is 13.8. The van der Waals surface area contributed by atoms with Crippen LogP contribution in [-0.2, 0) is 0 Å². The number of anilines is 1. The number of phenolic OH excluding ortho intramolecular Hbond substituents is 2. The second kappa shape index (κ2) is 5.65. The molecule has 0 saturated carbocycles. The zero-order valence-electron chi connectivity index (χ0n) is 11.2. The minimum Gasteiger partial charge on any atom is -0.508 e. The number of para-hydroxylation sites is 1. The highest BCUT2D eigenvalue weighted by Gasteiger charge is 2.15. The Morgan fingerprint density at radius 2 is 1.58 bits per heavy atom. The van der Waals surface area contributed by atoms with E-state index in [9.17, 15) is 10.2 Å². The van der Waals surface area contributed by atoms with Crippen molar-refractivity contribution in [2.75, 3.05) is 11.4 Å². The Morgan fingerprint density at radius 3 is 2.11 bits per heavy atom. The van der Waals surface area contributed by atoms with E-state index >= 15 is 0 Å². The first-order valence-electron chi connectivity index (χ1n) is 6.46. The van der Waals surface area contributed by atoms with Gasteiger partial charge in [-0.3, -0.25) is 0 Å². The van der Waals surface area contributed by atoms with E-state index in [0.717, 1.165) is 17.8 Å². The molecule has 1 unspecified atom stereocenters. The standard InChI is InChI=1S/C16H19NO2/c1-3-17(14-7-5-4-6-8-14)12(2)13-9-15(18)11-16(19)10-13/h4-12,18-19H,3H2,1-2H3. The smallest absolute Gasteiger partial charge is 0.119 e.